The molecule has 0 saturated carbocycles. The molecule has 0 spiro atoms. The summed E-state index contributed by atoms with van der Waals surface area (Å²) >= 11 is 4.03. The second-order valence-electron chi connectivity index (χ2n) is 7.28. The lowest BCUT2D eigenvalue weighted by Gasteiger charge is -2.24. The Morgan fingerprint density at radius 3 is 1.89 bits per heavy atom. The predicted molar refractivity (Wildman–Crippen MR) is 105 cm³/mol. The SMILES string of the molecule is CC(C)CC(N)C(=O)NC(C)C(=O)NC(CS)C(=O)NC(C(=O)O)C(C)C. The number of carboxylic acid groups (broad SMARTS) is 1. The number of carbonyl (C=O) groups excluding carboxylic acids is 3. The summed E-state index contributed by atoms with van der Waals surface area (Å²) in [6.45, 7) is 8.65. The Kier molecular flexibility index (Phi) is 11.0. The number of amides is 3. The minimum Gasteiger partial charge on any atom is -0.480 e. The Hall–Kier alpha value is -1.81. The zero-order valence-corrected chi connectivity index (χ0v) is 17.4. The molecule has 27 heavy (non-hydrogen) atoms. The first-order valence-electron chi connectivity index (χ1n) is 8.91. The minimum atomic E-state index is -1.16. The first-order chi connectivity index (χ1) is 12.4. The first kappa shape index (κ1) is 25.2. The van der Waals surface area contributed by atoms with Crippen molar-refractivity contribution in [3.8, 4) is 0 Å². The third kappa shape index (κ3) is 9.09. The smallest absolute Gasteiger partial charge is 0.326 e. The van der Waals surface area contributed by atoms with Crippen molar-refractivity contribution >= 4 is 36.3 Å². The van der Waals surface area contributed by atoms with Crippen molar-refractivity contribution < 1.29 is 24.3 Å². The standard InChI is InChI=1S/C17H32N4O5S/c1-8(2)6-11(18)15(23)19-10(5)14(22)20-12(7-27)16(24)21-13(9(3)4)17(25)26/h8-13,27H,6-7,18H2,1-5H3,(H,19,23)(H,20,22)(H,21,24)(H,25,26). The van der Waals surface area contributed by atoms with E-state index in [1.165, 1.54) is 6.92 Å². The van der Waals surface area contributed by atoms with Crippen molar-refractivity contribution in [2.24, 2.45) is 17.6 Å². The molecule has 0 rings (SSSR count). The molecule has 0 aliphatic rings. The summed E-state index contributed by atoms with van der Waals surface area (Å²) in [5.74, 6) is -3.00. The molecule has 0 aliphatic carbocycles. The molecule has 3 amide bonds. The predicted octanol–water partition coefficient (Wildman–Crippen LogP) is -0.495. The lowest BCUT2D eigenvalue weighted by atomic mass is 10.0. The molecule has 0 radical (unpaired) electrons. The van der Waals surface area contributed by atoms with Crippen LogP contribution in [0.25, 0.3) is 0 Å². The fourth-order valence-corrected chi connectivity index (χ4v) is 2.52. The van der Waals surface area contributed by atoms with Gasteiger partial charge in [-0.3, -0.25) is 14.4 Å². The molecule has 4 unspecified atom stereocenters. The van der Waals surface area contributed by atoms with Crippen molar-refractivity contribution in [1.82, 2.24) is 16.0 Å². The largest absolute Gasteiger partial charge is 0.480 e. The second kappa shape index (κ2) is 11.8. The van der Waals surface area contributed by atoms with Crippen LogP contribution in [-0.2, 0) is 19.2 Å². The molecule has 0 aromatic carbocycles. The van der Waals surface area contributed by atoms with Gasteiger partial charge < -0.3 is 26.8 Å². The summed E-state index contributed by atoms with van der Waals surface area (Å²) in [5.41, 5.74) is 5.78. The number of carboxylic acids is 1. The van der Waals surface area contributed by atoms with Gasteiger partial charge in [0.05, 0.1) is 6.04 Å². The van der Waals surface area contributed by atoms with Crippen LogP contribution in [0.3, 0.4) is 0 Å². The van der Waals surface area contributed by atoms with Gasteiger partial charge in [-0.1, -0.05) is 27.7 Å². The van der Waals surface area contributed by atoms with E-state index in [1.54, 1.807) is 13.8 Å². The van der Waals surface area contributed by atoms with E-state index in [0.29, 0.717) is 6.42 Å². The van der Waals surface area contributed by atoms with E-state index in [-0.39, 0.29) is 17.6 Å². The summed E-state index contributed by atoms with van der Waals surface area (Å²) in [4.78, 5) is 47.7. The Balaban J connectivity index is 4.80. The van der Waals surface area contributed by atoms with Crippen LogP contribution in [0.4, 0.5) is 0 Å². The maximum absolute atomic E-state index is 12.3. The molecule has 0 heterocycles. The topological polar surface area (TPSA) is 151 Å². The maximum atomic E-state index is 12.3. The van der Waals surface area contributed by atoms with Crippen LogP contribution in [0.2, 0.25) is 0 Å². The average molecular weight is 405 g/mol. The van der Waals surface area contributed by atoms with Gasteiger partial charge >= 0.3 is 5.97 Å². The maximum Gasteiger partial charge on any atom is 0.326 e. The van der Waals surface area contributed by atoms with Crippen LogP contribution in [-0.4, -0.2) is 58.7 Å². The monoisotopic (exact) mass is 404 g/mol. The number of carbonyl (C=O) groups is 4. The zero-order chi connectivity index (χ0) is 21.3. The van der Waals surface area contributed by atoms with Gasteiger partial charge in [0.15, 0.2) is 0 Å². The molecule has 0 aromatic heterocycles. The quantitative estimate of drug-likeness (QED) is 0.256. The number of nitrogens with one attached hydrogen (secondary N) is 3. The summed E-state index contributed by atoms with van der Waals surface area (Å²) in [6, 6.07) is -3.76. The Morgan fingerprint density at radius 1 is 0.926 bits per heavy atom. The summed E-state index contributed by atoms with van der Waals surface area (Å²) in [6.07, 6.45) is 0.480. The van der Waals surface area contributed by atoms with Crippen LogP contribution < -0.4 is 21.7 Å². The van der Waals surface area contributed by atoms with E-state index in [1.807, 2.05) is 13.8 Å². The van der Waals surface area contributed by atoms with E-state index in [4.69, 9.17) is 10.8 Å². The fourth-order valence-electron chi connectivity index (χ4n) is 2.26. The Bertz CT molecular complexity index is 541. The molecule has 0 fully saturated rings. The van der Waals surface area contributed by atoms with E-state index < -0.39 is 47.9 Å². The summed E-state index contributed by atoms with van der Waals surface area (Å²) in [7, 11) is 0. The highest BCUT2D eigenvalue weighted by Gasteiger charge is 2.29. The van der Waals surface area contributed by atoms with Crippen LogP contribution in [0.15, 0.2) is 0 Å². The zero-order valence-electron chi connectivity index (χ0n) is 16.5. The fraction of sp³-hybridized carbons (Fsp3) is 0.765. The van der Waals surface area contributed by atoms with E-state index >= 15 is 0 Å². The van der Waals surface area contributed by atoms with Gasteiger partial charge in [0.1, 0.15) is 18.1 Å². The molecule has 0 bridgehead atoms. The molecule has 0 aromatic rings. The first-order valence-corrected chi connectivity index (χ1v) is 9.54. The molecule has 156 valence electrons. The number of rotatable bonds is 11. The molecule has 10 heteroatoms. The van der Waals surface area contributed by atoms with E-state index in [9.17, 15) is 19.2 Å². The lowest BCUT2D eigenvalue weighted by Crippen LogP contribution is -2.57. The van der Waals surface area contributed by atoms with E-state index in [2.05, 4.69) is 28.6 Å². The average Bonchev–Trinajstić information content (AvgIpc) is 2.55. The highest BCUT2D eigenvalue weighted by molar-refractivity contribution is 7.80. The van der Waals surface area contributed by atoms with Gasteiger partial charge in [0, 0.05) is 5.75 Å². The van der Waals surface area contributed by atoms with Gasteiger partial charge in [0.2, 0.25) is 17.7 Å². The highest BCUT2D eigenvalue weighted by atomic mass is 32.1. The number of thiol groups is 1. The highest BCUT2D eigenvalue weighted by Crippen LogP contribution is 2.04. The molecule has 0 aliphatic heterocycles. The molecular formula is C17H32N4O5S. The summed E-state index contributed by atoms with van der Waals surface area (Å²) < 4.78 is 0. The van der Waals surface area contributed by atoms with Crippen molar-refractivity contribution in [2.75, 3.05) is 5.75 Å². The molecule has 4 atom stereocenters. The van der Waals surface area contributed by atoms with Crippen LogP contribution in [0.1, 0.15) is 41.0 Å². The Labute approximate surface area is 165 Å². The number of aliphatic carboxylic acids is 1. The Morgan fingerprint density at radius 2 is 1.48 bits per heavy atom. The lowest BCUT2D eigenvalue weighted by molar-refractivity contribution is -0.143. The molecule has 9 nitrogen and oxygen atoms in total. The van der Waals surface area contributed by atoms with Crippen LogP contribution in [0, 0.1) is 11.8 Å². The number of nitrogens with two attached hydrogens (primary N) is 1. The van der Waals surface area contributed by atoms with Gasteiger partial charge in [-0.25, -0.2) is 4.79 Å². The van der Waals surface area contributed by atoms with Crippen molar-refractivity contribution in [2.45, 2.75) is 65.2 Å². The van der Waals surface area contributed by atoms with Gasteiger partial charge in [0.25, 0.3) is 0 Å². The van der Waals surface area contributed by atoms with Crippen molar-refractivity contribution in [1.29, 1.82) is 0 Å². The van der Waals surface area contributed by atoms with Gasteiger partial charge in [-0.15, -0.1) is 0 Å². The molecule has 0 saturated heterocycles. The third-order valence-corrected chi connectivity index (χ3v) is 4.23. The number of hydrogen-bond acceptors (Lipinski definition) is 6. The minimum absolute atomic E-state index is 0.0322. The van der Waals surface area contributed by atoms with Gasteiger partial charge in [-0.2, -0.15) is 12.6 Å². The van der Waals surface area contributed by atoms with Crippen LogP contribution >= 0.6 is 12.6 Å². The molecule has 6 N–H and O–H groups in total. The molecular weight excluding hydrogens is 372 g/mol. The number of hydrogen-bond donors (Lipinski definition) is 6. The van der Waals surface area contributed by atoms with Crippen molar-refractivity contribution in [3.05, 3.63) is 0 Å². The second-order valence-corrected chi connectivity index (χ2v) is 7.64. The van der Waals surface area contributed by atoms with Gasteiger partial charge in [-0.05, 0) is 25.2 Å². The third-order valence-electron chi connectivity index (χ3n) is 3.86. The van der Waals surface area contributed by atoms with Crippen molar-refractivity contribution in [3.63, 3.8) is 0 Å². The van der Waals surface area contributed by atoms with E-state index in [0.717, 1.165) is 0 Å². The summed E-state index contributed by atoms with van der Waals surface area (Å²) in [5, 5.41) is 16.5. The van der Waals surface area contributed by atoms with Crippen LogP contribution in [0.5, 0.6) is 0 Å². The normalized spacial score (nSPS) is 15.6.